The Kier molecular flexibility index (Phi) is 4.31. The van der Waals surface area contributed by atoms with Gasteiger partial charge in [0.1, 0.15) is 5.65 Å². The Hall–Kier alpha value is -2.47. The zero-order valence-electron chi connectivity index (χ0n) is 16.7. The molecular weight excluding hydrogens is 348 g/mol. The molecule has 6 nitrogen and oxygen atoms in total. The highest BCUT2D eigenvalue weighted by Gasteiger charge is 2.44. The third kappa shape index (κ3) is 2.70. The van der Waals surface area contributed by atoms with Crippen molar-refractivity contribution in [1.29, 1.82) is 0 Å². The summed E-state index contributed by atoms with van der Waals surface area (Å²) in [5.74, 6) is 1.02. The predicted octanol–water partition coefficient (Wildman–Crippen LogP) is 3.46. The van der Waals surface area contributed by atoms with Crippen molar-refractivity contribution in [3.05, 3.63) is 42.6 Å². The normalized spacial score (nSPS) is 21.6. The van der Waals surface area contributed by atoms with E-state index in [0.29, 0.717) is 11.5 Å². The molecule has 1 aliphatic heterocycles. The number of piperidine rings is 1. The molecule has 0 radical (unpaired) electrons. The van der Waals surface area contributed by atoms with E-state index in [-0.39, 0.29) is 0 Å². The molecule has 0 unspecified atom stereocenters. The average Bonchev–Trinajstić information content (AvgIpc) is 3.36. The van der Waals surface area contributed by atoms with E-state index >= 15 is 0 Å². The zero-order valence-corrected chi connectivity index (χ0v) is 16.7. The lowest BCUT2D eigenvalue weighted by Gasteiger charge is -2.43. The largest absolute Gasteiger partial charge is 0.342 e. The Morgan fingerprint density at radius 1 is 1.18 bits per heavy atom. The lowest BCUT2D eigenvalue weighted by Crippen LogP contribution is -2.48. The fourth-order valence-electron chi connectivity index (χ4n) is 5.48. The minimum absolute atomic E-state index is 0.476. The van der Waals surface area contributed by atoms with Crippen molar-refractivity contribution in [1.82, 2.24) is 24.7 Å². The fraction of sp³-hybridized carbons (Fsp3) is 0.500. The highest BCUT2D eigenvalue weighted by atomic mass is 15.3. The third-order valence-electron chi connectivity index (χ3n) is 6.96. The Balaban J connectivity index is 1.49. The molecule has 4 heterocycles. The van der Waals surface area contributed by atoms with E-state index in [1.54, 1.807) is 6.20 Å². The van der Waals surface area contributed by atoms with Crippen molar-refractivity contribution in [2.45, 2.75) is 45.1 Å². The van der Waals surface area contributed by atoms with Gasteiger partial charge in [-0.2, -0.15) is 0 Å². The Labute approximate surface area is 166 Å². The van der Waals surface area contributed by atoms with Gasteiger partial charge in [0.15, 0.2) is 0 Å². The van der Waals surface area contributed by atoms with E-state index in [1.807, 2.05) is 24.7 Å². The summed E-state index contributed by atoms with van der Waals surface area (Å²) in [5, 5.41) is 3.58. The number of rotatable bonds is 3. The smallest absolute Gasteiger partial charge is 0.211 e. The summed E-state index contributed by atoms with van der Waals surface area (Å²) < 4.78 is 2.15. The number of fused-ring (bicyclic) bond motifs is 1. The van der Waals surface area contributed by atoms with Gasteiger partial charge >= 0.3 is 0 Å². The lowest BCUT2D eigenvalue weighted by atomic mass is 9.74. The minimum Gasteiger partial charge on any atom is -0.342 e. The number of pyridine rings is 1. The Morgan fingerprint density at radius 3 is 2.79 bits per heavy atom. The molecule has 1 N–H and O–H groups in total. The van der Waals surface area contributed by atoms with Crippen LogP contribution in [-0.2, 0) is 0 Å². The molecule has 0 bridgehead atoms. The molecule has 0 amide bonds. The van der Waals surface area contributed by atoms with Crippen LogP contribution in [-0.4, -0.2) is 45.5 Å². The molecular formula is C22H28N6. The standard InChI is InChI=1S/C22H28N6/c1-16-19(17-5-4-10-24-15-17)20-25-11-14-28(20)21(26-16)27-12-8-22(9-13-27)7-3-6-18(22)23-2/h4-5,10-11,14-15,18,23H,3,6-9,12-13H2,1-2H3/t18-/m1/s1. The molecule has 1 spiro atoms. The number of aryl methyl sites for hydroxylation is 1. The monoisotopic (exact) mass is 376 g/mol. The Morgan fingerprint density at radius 2 is 2.04 bits per heavy atom. The molecule has 0 aromatic carbocycles. The molecule has 3 aromatic rings. The molecule has 6 heteroatoms. The van der Waals surface area contributed by atoms with Gasteiger partial charge in [-0.05, 0) is 51.1 Å². The summed E-state index contributed by atoms with van der Waals surface area (Å²) in [6, 6.07) is 4.71. The fourth-order valence-corrected chi connectivity index (χ4v) is 5.48. The number of aromatic nitrogens is 4. The van der Waals surface area contributed by atoms with Gasteiger partial charge in [-0.3, -0.25) is 9.38 Å². The quantitative estimate of drug-likeness (QED) is 0.759. The maximum atomic E-state index is 5.03. The molecule has 1 saturated carbocycles. The number of nitrogens with zero attached hydrogens (tertiary/aromatic N) is 5. The maximum Gasteiger partial charge on any atom is 0.211 e. The second-order valence-electron chi connectivity index (χ2n) is 8.32. The van der Waals surface area contributed by atoms with E-state index in [4.69, 9.17) is 4.98 Å². The second-order valence-corrected chi connectivity index (χ2v) is 8.32. The molecule has 2 aliphatic rings. The number of hydrogen-bond donors (Lipinski definition) is 1. The molecule has 2 fully saturated rings. The van der Waals surface area contributed by atoms with E-state index in [2.05, 4.69) is 44.6 Å². The van der Waals surface area contributed by atoms with Gasteiger partial charge in [-0.25, -0.2) is 9.97 Å². The van der Waals surface area contributed by atoms with Crippen molar-refractivity contribution >= 4 is 11.6 Å². The summed E-state index contributed by atoms with van der Waals surface area (Å²) in [4.78, 5) is 16.4. The van der Waals surface area contributed by atoms with Gasteiger partial charge in [0.25, 0.3) is 0 Å². The van der Waals surface area contributed by atoms with E-state index in [0.717, 1.165) is 41.5 Å². The second kappa shape index (κ2) is 6.85. The van der Waals surface area contributed by atoms with E-state index < -0.39 is 0 Å². The summed E-state index contributed by atoms with van der Waals surface area (Å²) in [6.07, 6.45) is 14.1. The first-order valence-electron chi connectivity index (χ1n) is 10.4. The first-order valence-corrected chi connectivity index (χ1v) is 10.4. The van der Waals surface area contributed by atoms with Crippen LogP contribution in [0.2, 0.25) is 0 Å². The SMILES string of the molecule is CN[C@@H]1CCCC12CCN(c1nc(C)c(-c3cccnc3)c3nccn13)CC2. The number of hydrogen-bond acceptors (Lipinski definition) is 5. The molecule has 146 valence electrons. The van der Waals surface area contributed by atoms with Crippen molar-refractivity contribution in [3.8, 4) is 11.1 Å². The van der Waals surface area contributed by atoms with Crippen molar-refractivity contribution in [2.75, 3.05) is 25.0 Å². The number of nitrogens with one attached hydrogen (secondary N) is 1. The van der Waals surface area contributed by atoms with Crippen LogP contribution < -0.4 is 10.2 Å². The topological polar surface area (TPSA) is 58.3 Å². The van der Waals surface area contributed by atoms with Crippen molar-refractivity contribution < 1.29 is 0 Å². The van der Waals surface area contributed by atoms with Gasteiger partial charge in [-0.15, -0.1) is 0 Å². The zero-order chi connectivity index (χ0) is 19.1. The van der Waals surface area contributed by atoms with Gasteiger partial charge in [-0.1, -0.05) is 12.5 Å². The van der Waals surface area contributed by atoms with Crippen molar-refractivity contribution in [3.63, 3.8) is 0 Å². The van der Waals surface area contributed by atoms with Gasteiger partial charge in [0.05, 0.1) is 5.69 Å². The predicted molar refractivity (Wildman–Crippen MR) is 112 cm³/mol. The number of imidazole rings is 1. The van der Waals surface area contributed by atoms with Crippen LogP contribution in [0, 0.1) is 12.3 Å². The highest BCUT2D eigenvalue weighted by molar-refractivity contribution is 5.80. The summed E-state index contributed by atoms with van der Waals surface area (Å²) in [7, 11) is 2.13. The summed E-state index contributed by atoms with van der Waals surface area (Å²) in [5.41, 5.74) is 4.59. The highest BCUT2D eigenvalue weighted by Crippen LogP contribution is 2.46. The molecule has 1 aliphatic carbocycles. The van der Waals surface area contributed by atoms with Crippen LogP contribution in [0.15, 0.2) is 36.9 Å². The van der Waals surface area contributed by atoms with Crippen LogP contribution >= 0.6 is 0 Å². The Bertz CT molecular complexity index is 971. The van der Waals surface area contributed by atoms with E-state index in [9.17, 15) is 0 Å². The van der Waals surface area contributed by atoms with Crippen LogP contribution in [0.25, 0.3) is 16.8 Å². The van der Waals surface area contributed by atoms with Crippen LogP contribution in [0.5, 0.6) is 0 Å². The summed E-state index contributed by atoms with van der Waals surface area (Å²) in [6.45, 7) is 4.20. The van der Waals surface area contributed by atoms with Crippen LogP contribution in [0.3, 0.4) is 0 Å². The lowest BCUT2D eigenvalue weighted by molar-refractivity contribution is 0.177. The summed E-state index contributed by atoms with van der Waals surface area (Å²) >= 11 is 0. The molecule has 1 atom stereocenters. The van der Waals surface area contributed by atoms with Gasteiger partial charge in [0, 0.05) is 55.0 Å². The average molecular weight is 377 g/mol. The molecule has 5 rings (SSSR count). The molecule has 1 saturated heterocycles. The van der Waals surface area contributed by atoms with Gasteiger partial charge in [0.2, 0.25) is 5.95 Å². The van der Waals surface area contributed by atoms with E-state index in [1.165, 1.54) is 32.1 Å². The maximum absolute atomic E-state index is 5.03. The molecule has 3 aromatic heterocycles. The first-order chi connectivity index (χ1) is 13.7. The minimum atomic E-state index is 0.476. The van der Waals surface area contributed by atoms with Crippen LogP contribution in [0.4, 0.5) is 5.95 Å². The third-order valence-corrected chi connectivity index (χ3v) is 6.96. The van der Waals surface area contributed by atoms with Gasteiger partial charge < -0.3 is 10.2 Å². The number of anilines is 1. The van der Waals surface area contributed by atoms with Crippen LogP contribution in [0.1, 0.15) is 37.8 Å². The first kappa shape index (κ1) is 17.6. The van der Waals surface area contributed by atoms with Crippen molar-refractivity contribution in [2.24, 2.45) is 5.41 Å². The molecule has 28 heavy (non-hydrogen) atoms.